The minimum atomic E-state index is -0.833. The molecule has 8 nitrogen and oxygen atoms in total. The van der Waals surface area contributed by atoms with Crippen molar-refractivity contribution in [1.29, 1.82) is 0 Å². The highest BCUT2D eigenvalue weighted by Gasteiger charge is 1.87. The molecular weight excluding hydrogens is 268 g/mol. The molecule has 0 bridgehead atoms. The first-order valence-electron chi connectivity index (χ1n) is 5.66. The van der Waals surface area contributed by atoms with Gasteiger partial charge in [0.05, 0.1) is 6.33 Å². The molecule has 116 valence electrons. The molecule has 8 heteroatoms. The van der Waals surface area contributed by atoms with Crippen LogP contribution in [0.4, 0.5) is 0 Å². The van der Waals surface area contributed by atoms with Crippen molar-refractivity contribution in [1.82, 2.24) is 9.55 Å². The Morgan fingerprint density at radius 3 is 1.55 bits per heavy atom. The van der Waals surface area contributed by atoms with Gasteiger partial charge in [0.15, 0.2) is 0 Å². The van der Waals surface area contributed by atoms with E-state index < -0.39 is 17.9 Å². The van der Waals surface area contributed by atoms with E-state index in [0.717, 1.165) is 20.3 Å². The highest BCUT2D eigenvalue weighted by molar-refractivity contribution is 5.66. The Kier molecular flexibility index (Phi) is 18.9. The number of carboxylic acid groups (broad SMARTS) is 3. The fourth-order valence-corrected chi connectivity index (χ4v) is 0.540. The second-order valence-electron chi connectivity index (χ2n) is 3.41. The monoisotopic (exact) mass is 290 g/mol. The number of aliphatic carboxylic acids is 3. The van der Waals surface area contributed by atoms with Gasteiger partial charge in [0.1, 0.15) is 0 Å². The van der Waals surface area contributed by atoms with Gasteiger partial charge in [-0.3, -0.25) is 14.4 Å². The number of imidazole rings is 1. The Hall–Kier alpha value is -2.38. The molecule has 0 unspecified atom stereocenters. The highest BCUT2D eigenvalue weighted by Crippen LogP contribution is 1.82. The van der Waals surface area contributed by atoms with Crippen molar-refractivity contribution in [2.75, 3.05) is 0 Å². The number of aromatic nitrogens is 2. The van der Waals surface area contributed by atoms with E-state index in [1.54, 1.807) is 12.5 Å². The molecule has 3 N–H and O–H groups in total. The summed E-state index contributed by atoms with van der Waals surface area (Å²) in [7, 11) is 1.94. The molecule has 0 aliphatic heterocycles. The molecule has 1 aromatic heterocycles. The van der Waals surface area contributed by atoms with Crippen molar-refractivity contribution in [3.8, 4) is 0 Å². The minimum Gasteiger partial charge on any atom is -0.481 e. The molecular formula is C12H22N2O6. The summed E-state index contributed by atoms with van der Waals surface area (Å²) in [6, 6.07) is 0. The van der Waals surface area contributed by atoms with Gasteiger partial charge in [-0.1, -0.05) is 6.92 Å². The lowest BCUT2D eigenvalue weighted by atomic mass is 10.4. The van der Waals surface area contributed by atoms with Gasteiger partial charge in [-0.2, -0.15) is 0 Å². The quantitative estimate of drug-likeness (QED) is 0.751. The normalized spacial score (nSPS) is 7.60. The number of aryl methyl sites for hydroxylation is 1. The second-order valence-corrected chi connectivity index (χ2v) is 3.41. The molecule has 0 saturated heterocycles. The minimum absolute atomic E-state index is 0.292. The predicted molar refractivity (Wildman–Crippen MR) is 72.4 cm³/mol. The van der Waals surface area contributed by atoms with Crippen LogP contribution in [-0.2, 0) is 21.4 Å². The first-order valence-corrected chi connectivity index (χ1v) is 5.66. The summed E-state index contributed by atoms with van der Waals surface area (Å²) in [5.41, 5.74) is 0. The lowest BCUT2D eigenvalue weighted by Crippen LogP contribution is -1.90. The van der Waals surface area contributed by atoms with Gasteiger partial charge in [-0.05, 0) is 6.42 Å². The molecule has 1 aromatic rings. The zero-order chi connectivity index (χ0) is 16.6. The summed E-state index contributed by atoms with van der Waals surface area (Å²) in [5, 5.41) is 22.7. The van der Waals surface area contributed by atoms with Crippen molar-refractivity contribution < 1.29 is 29.7 Å². The van der Waals surface area contributed by atoms with Crippen LogP contribution >= 0.6 is 0 Å². The standard InChI is InChI=1S/C4H6N2.C4H8O2.2C2H4O2/c1-6-3-2-5-4-6;1-2-3-4(5)6;2*1-2(3)4/h2-4H,1H3;2-3H2,1H3,(H,5,6);2*1H3,(H,3,4). The fourth-order valence-electron chi connectivity index (χ4n) is 0.540. The number of nitrogens with zero attached hydrogens (tertiary/aromatic N) is 2. The number of hydrogen-bond acceptors (Lipinski definition) is 4. The Labute approximate surface area is 117 Å². The van der Waals surface area contributed by atoms with E-state index in [-0.39, 0.29) is 0 Å². The topological polar surface area (TPSA) is 130 Å². The summed E-state index contributed by atoms with van der Waals surface area (Å²) in [5.74, 6) is -2.38. The summed E-state index contributed by atoms with van der Waals surface area (Å²) in [4.78, 5) is 31.4. The first kappa shape index (κ1) is 22.8. The Balaban J connectivity index is -0.000000197. The Morgan fingerprint density at radius 2 is 1.50 bits per heavy atom. The Bertz CT molecular complexity index is 342. The van der Waals surface area contributed by atoms with E-state index in [0.29, 0.717) is 6.42 Å². The van der Waals surface area contributed by atoms with E-state index in [1.807, 2.05) is 24.7 Å². The average molecular weight is 290 g/mol. The molecule has 0 aliphatic rings. The fraction of sp³-hybridized carbons (Fsp3) is 0.500. The summed E-state index contributed by atoms with van der Waals surface area (Å²) in [6.07, 6.45) is 6.41. The molecule has 0 saturated carbocycles. The van der Waals surface area contributed by atoms with Gasteiger partial charge < -0.3 is 19.9 Å². The van der Waals surface area contributed by atoms with E-state index in [4.69, 9.17) is 24.9 Å². The maximum absolute atomic E-state index is 9.60. The van der Waals surface area contributed by atoms with E-state index in [9.17, 15) is 4.79 Å². The van der Waals surface area contributed by atoms with Gasteiger partial charge in [0.2, 0.25) is 0 Å². The molecule has 0 aromatic carbocycles. The molecule has 0 aliphatic carbocycles. The van der Waals surface area contributed by atoms with Crippen molar-refractivity contribution in [2.24, 2.45) is 7.05 Å². The van der Waals surface area contributed by atoms with Gasteiger partial charge >= 0.3 is 5.97 Å². The van der Waals surface area contributed by atoms with Crippen LogP contribution in [-0.4, -0.2) is 42.8 Å². The van der Waals surface area contributed by atoms with Crippen molar-refractivity contribution in [3.63, 3.8) is 0 Å². The summed E-state index contributed by atoms with van der Waals surface area (Å²) >= 11 is 0. The smallest absolute Gasteiger partial charge is 0.303 e. The largest absolute Gasteiger partial charge is 0.481 e. The van der Waals surface area contributed by atoms with Crippen LogP contribution in [0.2, 0.25) is 0 Å². The molecule has 0 spiro atoms. The van der Waals surface area contributed by atoms with Gasteiger partial charge in [-0.25, -0.2) is 4.98 Å². The summed E-state index contributed by atoms with van der Waals surface area (Å²) < 4.78 is 1.89. The van der Waals surface area contributed by atoms with Crippen LogP contribution in [0.3, 0.4) is 0 Å². The van der Waals surface area contributed by atoms with E-state index >= 15 is 0 Å². The van der Waals surface area contributed by atoms with Crippen LogP contribution in [0.25, 0.3) is 0 Å². The molecule has 0 amide bonds. The van der Waals surface area contributed by atoms with Gasteiger partial charge in [-0.15, -0.1) is 0 Å². The Morgan fingerprint density at radius 1 is 1.10 bits per heavy atom. The van der Waals surface area contributed by atoms with E-state index in [2.05, 4.69) is 4.98 Å². The zero-order valence-corrected chi connectivity index (χ0v) is 12.1. The third kappa shape index (κ3) is 57.5. The number of carbonyl (C=O) groups is 3. The van der Waals surface area contributed by atoms with Crippen LogP contribution in [0.1, 0.15) is 33.6 Å². The number of hydrogen-bond donors (Lipinski definition) is 3. The molecule has 0 fully saturated rings. The lowest BCUT2D eigenvalue weighted by molar-refractivity contribution is -0.137. The molecule has 1 rings (SSSR count). The van der Waals surface area contributed by atoms with Crippen molar-refractivity contribution >= 4 is 17.9 Å². The van der Waals surface area contributed by atoms with E-state index in [1.165, 1.54) is 0 Å². The zero-order valence-electron chi connectivity index (χ0n) is 12.1. The number of carboxylic acids is 3. The van der Waals surface area contributed by atoms with Gasteiger partial charge in [0, 0.05) is 39.7 Å². The molecule has 1 heterocycles. The highest BCUT2D eigenvalue weighted by atomic mass is 16.4. The molecule has 0 atom stereocenters. The second kappa shape index (κ2) is 16.6. The SMILES string of the molecule is CC(=O)O.CC(=O)O.CCCC(=O)O.Cn1ccnc1. The van der Waals surface area contributed by atoms with Crippen molar-refractivity contribution in [2.45, 2.75) is 33.6 Å². The van der Waals surface area contributed by atoms with Crippen LogP contribution < -0.4 is 0 Å². The summed E-state index contributed by atoms with van der Waals surface area (Å²) in [6.45, 7) is 4.01. The third-order valence-electron chi connectivity index (χ3n) is 1.10. The van der Waals surface area contributed by atoms with Crippen molar-refractivity contribution in [3.05, 3.63) is 18.7 Å². The third-order valence-corrected chi connectivity index (χ3v) is 1.10. The molecule has 0 radical (unpaired) electrons. The van der Waals surface area contributed by atoms with Gasteiger partial charge in [0.25, 0.3) is 11.9 Å². The first-order chi connectivity index (χ1) is 9.13. The molecule has 20 heavy (non-hydrogen) atoms. The number of rotatable bonds is 2. The maximum Gasteiger partial charge on any atom is 0.303 e. The van der Waals surface area contributed by atoms with Crippen LogP contribution in [0.5, 0.6) is 0 Å². The average Bonchev–Trinajstić information content (AvgIpc) is 2.67. The van der Waals surface area contributed by atoms with Crippen LogP contribution in [0, 0.1) is 0 Å². The maximum atomic E-state index is 9.60. The lowest BCUT2D eigenvalue weighted by Gasteiger charge is -1.79. The van der Waals surface area contributed by atoms with Crippen LogP contribution in [0.15, 0.2) is 18.7 Å². The predicted octanol–water partition coefficient (Wildman–Crippen LogP) is 1.47.